The van der Waals surface area contributed by atoms with E-state index in [1.165, 1.54) is 0 Å². The van der Waals surface area contributed by atoms with Gasteiger partial charge in [-0.2, -0.15) is 4.98 Å². The summed E-state index contributed by atoms with van der Waals surface area (Å²) in [5.74, 6) is -0.194. The fourth-order valence-electron chi connectivity index (χ4n) is 2.39. The van der Waals surface area contributed by atoms with Gasteiger partial charge in [-0.3, -0.25) is 14.3 Å². The van der Waals surface area contributed by atoms with Gasteiger partial charge < -0.3 is 39.6 Å². The Labute approximate surface area is 189 Å². The van der Waals surface area contributed by atoms with Crippen LogP contribution >= 0.6 is 7.82 Å². The molecule has 0 spiro atoms. The third-order valence-corrected chi connectivity index (χ3v) is 3.92. The quantitative estimate of drug-likeness (QED) is 0.276. The van der Waals surface area contributed by atoms with Gasteiger partial charge in [0.15, 0.2) is 17.4 Å². The van der Waals surface area contributed by atoms with E-state index < -0.39 is 44.5 Å². The summed E-state index contributed by atoms with van der Waals surface area (Å²) in [4.78, 5) is 42.7. The standard InChI is InChI=1S/C10H14N5O8P.2Na/c11-10-13-7-4(8(18)14-10)12-2-15(7)9-6(17)5(16)3(23-9)1-22-24(19,20)21;;/h2-3,5-6,9,16-17H,1H2,(H2,19,20,21)(H3,11,13,14,18);;/q;2*+1/p-2/t3-,5+,6-,9-;;/m1../s1. The van der Waals surface area contributed by atoms with Crippen LogP contribution in [0.25, 0.3) is 11.2 Å². The molecule has 1 fully saturated rings. The van der Waals surface area contributed by atoms with Crippen molar-refractivity contribution < 1.29 is 92.9 Å². The van der Waals surface area contributed by atoms with Gasteiger partial charge in [0.05, 0.1) is 20.8 Å². The maximum Gasteiger partial charge on any atom is 1.00 e. The molecule has 5 N–H and O–H groups in total. The average Bonchev–Trinajstić information content (AvgIpc) is 3.00. The predicted octanol–water partition coefficient (Wildman–Crippen LogP) is -9.83. The molecule has 0 amide bonds. The number of aromatic amines is 1. The van der Waals surface area contributed by atoms with Gasteiger partial charge in [-0.1, -0.05) is 0 Å². The van der Waals surface area contributed by atoms with E-state index in [4.69, 9.17) is 10.5 Å². The van der Waals surface area contributed by atoms with E-state index in [-0.39, 0.29) is 76.2 Å². The van der Waals surface area contributed by atoms with E-state index in [0.717, 1.165) is 10.9 Å². The van der Waals surface area contributed by atoms with Crippen LogP contribution in [0.3, 0.4) is 0 Å². The minimum Gasteiger partial charge on any atom is -0.790 e. The van der Waals surface area contributed by atoms with Crippen LogP contribution in [0.5, 0.6) is 0 Å². The number of anilines is 1. The number of phosphoric acid groups is 1. The number of aliphatic hydroxyl groups is 2. The molecule has 1 aliphatic rings. The van der Waals surface area contributed by atoms with Crippen LogP contribution in [0.2, 0.25) is 0 Å². The summed E-state index contributed by atoms with van der Waals surface area (Å²) in [6, 6.07) is 0. The number of phosphoric ester groups is 1. The number of aliphatic hydroxyl groups excluding tert-OH is 2. The van der Waals surface area contributed by atoms with Crippen LogP contribution in [0.1, 0.15) is 6.23 Å². The maximum atomic E-state index is 11.7. The SMILES string of the molecule is Nc1nc2c(ncn2[C@@H]2O[C@H](COP(=O)([O-])[O-])[C@H](O)[C@H]2O)c(=O)[nH]1.[Na+].[Na+]. The molecule has 13 nitrogen and oxygen atoms in total. The zero-order valence-electron chi connectivity index (χ0n) is 13.8. The fraction of sp³-hybridized carbons (Fsp3) is 0.500. The molecule has 1 saturated heterocycles. The van der Waals surface area contributed by atoms with E-state index in [9.17, 15) is 29.4 Å². The maximum absolute atomic E-state index is 11.7. The Balaban J connectivity index is 0.00000169. The van der Waals surface area contributed by atoms with Crippen molar-refractivity contribution in [2.45, 2.75) is 24.5 Å². The van der Waals surface area contributed by atoms with Crippen LogP contribution in [0.15, 0.2) is 11.1 Å². The van der Waals surface area contributed by atoms with Crippen LogP contribution in [-0.2, 0) is 13.8 Å². The van der Waals surface area contributed by atoms with Crippen LogP contribution in [0.4, 0.5) is 5.95 Å². The molecule has 0 aromatic carbocycles. The van der Waals surface area contributed by atoms with E-state index in [2.05, 4.69) is 19.5 Å². The number of hydrogen-bond donors (Lipinski definition) is 4. The number of nitrogens with one attached hydrogen (secondary N) is 1. The molecule has 26 heavy (non-hydrogen) atoms. The summed E-state index contributed by atoms with van der Waals surface area (Å²) in [5.41, 5.74) is 4.77. The van der Waals surface area contributed by atoms with Gasteiger partial charge in [0.1, 0.15) is 18.3 Å². The second kappa shape index (κ2) is 9.09. The molecule has 0 radical (unpaired) electrons. The van der Waals surface area contributed by atoms with E-state index in [1.807, 2.05) is 0 Å². The number of rotatable bonds is 4. The minimum atomic E-state index is -5.26. The van der Waals surface area contributed by atoms with Gasteiger partial charge in [-0.25, -0.2) is 4.98 Å². The van der Waals surface area contributed by atoms with Crippen molar-refractivity contribution in [3.63, 3.8) is 0 Å². The Morgan fingerprint density at radius 1 is 1.38 bits per heavy atom. The third kappa shape index (κ3) is 4.94. The molecule has 1 aliphatic heterocycles. The van der Waals surface area contributed by atoms with Gasteiger partial charge in [0.25, 0.3) is 5.56 Å². The molecule has 2 aromatic rings. The molecule has 0 saturated carbocycles. The predicted molar refractivity (Wildman–Crippen MR) is 72.0 cm³/mol. The molecule has 0 bridgehead atoms. The van der Waals surface area contributed by atoms with E-state index in [1.54, 1.807) is 0 Å². The van der Waals surface area contributed by atoms with Crippen molar-refractivity contribution in [1.82, 2.24) is 19.5 Å². The normalized spacial score (nSPS) is 25.7. The topological polar surface area (TPSA) is 212 Å². The first-order valence-electron chi connectivity index (χ1n) is 6.58. The van der Waals surface area contributed by atoms with Crippen molar-refractivity contribution in [2.75, 3.05) is 12.3 Å². The Morgan fingerprint density at radius 3 is 2.65 bits per heavy atom. The van der Waals surface area contributed by atoms with Crippen molar-refractivity contribution >= 4 is 24.9 Å². The smallest absolute Gasteiger partial charge is 0.790 e. The summed E-state index contributed by atoms with van der Waals surface area (Å²) in [7, 11) is -5.26. The number of nitrogens with two attached hydrogens (primary N) is 1. The Bertz CT molecular complexity index is 871. The van der Waals surface area contributed by atoms with Crippen LogP contribution < -0.4 is 80.2 Å². The molecule has 3 heterocycles. The second-order valence-corrected chi connectivity index (χ2v) is 6.22. The fourth-order valence-corrected chi connectivity index (χ4v) is 2.72. The van der Waals surface area contributed by atoms with Gasteiger partial charge in [-0.05, 0) is 0 Å². The molecular formula is C10H12N5Na2O8P. The molecular weight excluding hydrogens is 395 g/mol. The molecule has 0 unspecified atom stereocenters. The van der Waals surface area contributed by atoms with Gasteiger partial charge >= 0.3 is 59.1 Å². The largest absolute Gasteiger partial charge is 1.00 e. The summed E-state index contributed by atoms with van der Waals surface area (Å²) in [6.45, 7) is -0.776. The Morgan fingerprint density at radius 2 is 2.04 bits per heavy atom. The number of aromatic nitrogens is 4. The summed E-state index contributed by atoms with van der Waals surface area (Å²) in [5, 5.41) is 20.0. The van der Waals surface area contributed by atoms with Crippen molar-refractivity contribution in [2.24, 2.45) is 0 Å². The molecule has 4 atom stereocenters. The monoisotopic (exact) mass is 407 g/mol. The van der Waals surface area contributed by atoms with Crippen LogP contribution in [0, 0.1) is 0 Å². The third-order valence-electron chi connectivity index (χ3n) is 3.46. The van der Waals surface area contributed by atoms with Crippen molar-refractivity contribution in [1.29, 1.82) is 0 Å². The van der Waals surface area contributed by atoms with Gasteiger partial charge in [0.2, 0.25) is 5.95 Å². The first-order chi connectivity index (χ1) is 11.2. The number of nitrogens with zero attached hydrogens (tertiary/aromatic N) is 3. The van der Waals surface area contributed by atoms with Gasteiger partial charge in [-0.15, -0.1) is 0 Å². The number of hydrogen-bond acceptors (Lipinski definition) is 11. The zero-order valence-corrected chi connectivity index (χ0v) is 18.7. The minimum absolute atomic E-state index is 0. The molecule has 3 rings (SSSR count). The van der Waals surface area contributed by atoms with Crippen molar-refractivity contribution in [3.8, 4) is 0 Å². The number of imidazole rings is 1. The van der Waals surface area contributed by atoms with Crippen LogP contribution in [-0.4, -0.2) is 54.7 Å². The molecule has 2 aromatic heterocycles. The summed E-state index contributed by atoms with van der Waals surface area (Å²) in [6.07, 6.45) is -4.46. The van der Waals surface area contributed by atoms with Crippen molar-refractivity contribution in [3.05, 3.63) is 16.7 Å². The first-order valence-corrected chi connectivity index (χ1v) is 8.04. The number of H-pyrrole nitrogens is 1. The van der Waals surface area contributed by atoms with Gasteiger partial charge in [0, 0.05) is 0 Å². The summed E-state index contributed by atoms with van der Waals surface area (Å²) >= 11 is 0. The second-order valence-electron chi connectivity index (χ2n) is 5.06. The Kier molecular flexibility index (Phi) is 8.46. The number of ether oxygens (including phenoxy) is 1. The average molecular weight is 407 g/mol. The Hall–Kier alpha value is 0.140. The summed E-state index contributed by atoms with van der Waals surface area (Å²) < 4.78 is 21.0. The first kappa shape index (κ1) is 24.2. The molecule has 0 aliphatic carbocycles. The zero-order chi connectivity index (χ0) is 17.6. The number of fused-ring (bicyclic) bond motifs is 1. The van der Waals surface area contributed by atoms with E-state index in [0.29, 0.717) is 0 Å². The number of nitrogen functional groups attached to an aromatic ring is 1. The molecule has 132 valence electrons. The molecule has 16 heteroatoms. The van der Waals surface area contributed by atoms with E-state index >= 15 is 0 Å².